The summed E-state index contributed by atoms with van der Waals surface area (Å²) >= 11 is 0. The molecule has 2 aliphatic carbocycles. The van der Waals surface area contributed by atoms with Gasteiger partial charge in [0.05, 0.1) is 0 Å². The molecule has 0 saturated carbocycles. The second kappa shape index (κ2) is 8.26. The van der Waals surface area contributed by atoms with Gasteiger partial charge in [-0.15, -0.1) is 0 Å². The van der Waals surface area contributed by atoms with Crippen LogP contribution < -0.4 is 0 Å². The zero-order valence-corrected chi connectivity index (χ0v) is 18.3. The van der Waals surface area contributed by atoms with Crippen molar-refractivity contribution in [1.82, 2.24) is 0 Å². The van der Waals surface area contributed by atoms with Crippen LogP contribution in [0.25, 0.3) is 6.08 Å². The smallest absolute Gasteiger partial charge is 0.0310 e. The monoisotopic (exact) mass is 392 g/mol. The van der Waals surface area contributed by atoms with Gasteiger partial charge in [0.15, 0.2) is 0 Å². The standard InChI is InChI=1S/C30H32/c1-21(2)29-20-24-13-7-9-15-28(24)30(29)26-18-23-12-6-8-14-27(23)25(19-26)17-16-22-10-4-3-5-11-22/h3-5,7,9-11,13,15,18-21,30H,6,8,12,14,16-17H2,1-2H3. The number of fused-ring (bicyclic) bond motifs is 2. The van der Waals surface area contributed by atoms with E-state index in [-0.39, 0.29) is 0 Å². The van der Waals surface area contributed by atoms with Crippen molar-refractivity contribution < 1.29 is 0 Å². The third kappa shape index (κ3) is 3.65. The summed E-state index contributed by atoms with van der Waals surface area (Å²) in [6.45, 7) is 4.69. The van der Waals surface area contributed by atoms with Crippen LogP contribution in [0.15, 0.2) is 72.3 Å². The summed E-state index contributed by atoms with van der Waals surface area (Å²) in [4.78, 5) is 0. The number of hydrogen-bond acceptors (Lipinski definition) is 0. The molecule has 0 aromatic heterocycles. The molecule has 0 amide bonds. The van der Waals surface area contributed by atoms with E-state index in [4.69, 9.17) is 0 Å². The Morgan fingerprint density at radius 2 is 1.60 bits per heavy atom. The number of rotatable bonds is 5. The number of hydrogen-bond donors (Lipinski definition) is 0. The molecular formula is C30H32. The lowest BCUT2D eigenvalue weighted by Gasteiger charge is -2.26. The van der Waals surface area contributed by atoms with Crippen molar-refractivity contribution in [3.05, 3.63) is 111 Å². The first-order chi connectivity index (χ1) is 14.7. The molecule has 1 atom stereocenters. The van der Waals surface area contributed by atoms with Crippen molar-refractivity contribution in [2.75, 3.05) is 0 Å². The summed E-state index contributed by atoms with van der Waals surface area (Å²) < 4.78 is 0. The van der Waals surface area contributed by atoms with Gasteiger partial charge in [-0.3, -0.25) is 0 Å². The Hall–Kier alpha value is -2.60. The first-order valence-corrected chi connectivity index (χ1v) is 11.7. The van der Waals surface area contributed by atoms with E-state index in [0.29, 0.717) is 11.8 Å². The highest BCUT2D eigenvalue weighted by Crippen LogP contribution is 2.45. The Bertz CT molecular complexity index is 1070. The molecule has 0 N–H and O–H groups in total. The van der Waals surface area contributed by atoms with Crippen molar-refractivity contribution in [1.29, 1.82) is 0 Å². The van der Waals surface area contributed by atoms with E-state index in [0.717, 1.165) is 12.8 Å². The van der Waals surface area contributed by atoms with Gasteiger partial charge in [-0.25, -0.2) is 0 Å². The minimum atomic E-state index is 0.420. The van der Waals surface area contributed by atoms with E-state index >= 15 is 0 Å². The maximum atomic E-state index is 2.57. The highest BCUT2D eigenvalue weighted by molar-refractivity contribution is 5.70. The molecule has 0 spiro atoms. The lowest BCUT2D eigenvalue weighted by Crippen LogP contribution is -2.12. The van der Waals surface area contributed by atoms with Crippen LogP contribution in [0.3, 0.4) is 0 Å². The summed E-state index contributed by atoms with van der Waals surface area (Å²) in [5, 5.41) is 0. The lowest BCUT2D eigenvalue weighted by atomic mass is 9.78. The normalized spacial score (nSPS) is 17.6. The molecular weight excluding hydrogens is 360 g/mol. The molecule has 30 heavy (non-hydrogen) atoms. The second-order valence-corrected chi connectivity index (χ2v) is 9.37. The van der Waals surface area contributed by atoms with Gasteiger partial charge in [0.1, 0.15) is 0 Å². The Balaban J connectivity index is 1.56. The van der Waals surface area contributed by atoms with Gasteiger partial charge in [0, 0.05) is 5.92 Å². The average Bonchev–Trinajstić information content (AvgIpc) is 3.18. The number of benzene rings is 3. The molecule has 0 aliphatic heterocycles. The van der Waals surface area contributed by atoms with Crippen LogP contribution in [0.5, 0.6) is 0 Å². The molecule has 1 unspecified atom stereocenters. The van der Waals surface area contributed by atoms with Gasteiger partial charge in [-0.1, -0.05) is 92.2 Å². The quantitative estimate of drug-likeness (QED) is 0.421. The van der Waals surface area contributed by atoms with Crippen molar-refractivity contribution in [2.24, 2.45) is 5.92 Å². The van der Waals surface area contributed by atoms with Crippen LogP contribution in [-0.2, 0) is 25.7 Å². The molecule has 0 saturated heterocycles. The van der Waals surface area contributed by atoms with Crippen LogP contribution >= 0.6 is 0 Å². The largest absolute Gasteiger partial charge is 0.0622 e. The molecule has 0 nitrogen and oxygen atoms in total. The predicted molar refractivity (Wildman–Crippen MR) is 128 cm³/mol. The first-order valence-electron chi connectivity index (χ1n) is 11.7. The van der Waals surface area contributed by atoms with E-state index < -0.39 is 0 Å². The maximum Gasteiger partial charge on any atom is 0.0310 e. The SMILES string of the molecule is CC(C)C1=Cc2ccccc2C1c1cc2c(c(CCc3ccccc3)c1)CCCC2. The molecule has 0 heteroatoms. The molecule has 0 fully saturated rings. The van der Waals surface area contributed by atoms with Crippen LogP contribution in [-0.4, -0.2) is 0 Å². The number of allylic oxidation sites excluding steroid dienone is 1. The lowest BCUT2D eigenvalue weighted by molar-refractivity contribution is 0.671. The Labute approximate surface area is 181 Å². The van der Waals surface area contributed by atoms with Gasteiger partial charge in [0.2, 0.25) is 0 Å². The molecule has 2 aliphatic rings. The summed E-state index contributed by atoms with van der Waals surface area (Å²) in [5.74, 6) is 0.982. The Morgan fingerprint density at radius 3 is 2.43 bits per heavy atom. The molecule has 0 bridgehead atoms. The molecule has 0 heterocycles. The molecule has 3 aromatic rings. The zero-order valence-electron chi connectivity index (χ0n) is 18.3. The highest BCUT2D eigenvalue weighted by Gasteiger charge is 2.29. The minimum Gasteiger partial charge on any atom is -0.0622 e. The number of aryl methyl sites for hydroxylation is 3. The summed E-state index contributed by atoms with van der Waals surface area (Å²) in [6.07, 6.45) is 9.91. The minimum absolute atomic E-state index is 0.420. The van der Waals surface area contributed by atoms with Gasteiger partial charge < -0.3 is 0 Å². The van der Waals surface area contributed by atoms with Gasteiger partial charge >= 0.3 is 0 Å². The van der Waals surface area contributed by atoms with Crippen LogP contribution in [0, 0.1) is 5.92 Å². The summed E-state index contributed by atoms with van der Waals surface area (Å²) in [5.41, 5.74) is 12.3. The van der Waals surface area contributed by atoms with Crippen molar-refractivity contribution in [2.45, 2.75) is 58.3 Å². The second-order valence-electron chi connectivity index (χ2n) is 9.37. The summed E-state index contributed by atoms with van der Waals surface area (Å²) in [6, 6.07) is 25.1. The first kappa shape index (κ1) is 19.4. The Kier molecular flexibility index (Phi) is 5.34. The zero-order chi connectivity index (χ0) is 20.5. The van der Waals surface area contributed by atoms with E-state index in [9.17, 15) is 0 Å². The van der Waals surface area contributed by atoms with E-state index in [1.165, 1.54) is 47.9 Å². The van der Waals surface area contributed by atoms with Crippen molar-refractivity contribution in [3.8, 4) is 0 Å². The topological polar surface area (TPSA) is 0 Å². The Morgan fingerprint density at radius 1 is 0.833 bits per heavy atom. The summed E-state index contributed by atoms with van der Waals surface area (Å²) in [7, 11) is 0. The van der Waals surface area contributed by atoms with Gasteiger partial charge in [-0.05, 0) is 83.4 Å². The maximum absolute atomic E-state index is 2.57. The van der Waals surface area contributed by atoms with Gasteiger partial charge in [-0.2, -0.15) is 0 Å². The molecule has 5 rings (SSSR count). The van der Waals surface area contributed by atoms with Crippen LogP contribution in [0.2, 0.25) is 0 Å². The van der Waals surface area contributed by atoms with E-state index in [1.807, 2.05) is 0 Å². The van der Waals surface area contributed by atoms with Crippen LogP contribution in [0.1, 0.15) is 71.6 Å². The van der Waals surface area contributed by atoms with Crippen molar-refractivity contribution >= 4 is 6.08 Å². The van der Waals surface area contributed by atoms with Crippen LogP contribution in [0.4, 0.5) is 0 Å². The molecule has 3 aromatic carbocycles. The molecule has 0 radical (unpaired) electrons. The fourth-order valence-electron chi connectivity index (χ4n) is 5.52. The fourth-order valence-corrected chi connectivity index (χ4v) is 5.52. The van der Waals surface area contributed by atoms with E-state index in [2.05, 4.69) is 86.7 Å². The third-order valence-corrected chi connectivity index (χ3v) is 7.07. The highest BCUT2D eigenvalue weighted by atomic mass is 14.3. The van der Waals surface area contributed by atoms with Crippen molar-refractivity contribution in [3.63, 3.8) is 0 Å². The average molecular weight is 393 g/mol. The third-order valence-electron chi connectivity index (χ3n) is 7.07. The van der Waals surface area contributed by atoms with E-state index in [1.54, 1.807) is 22.3 Å². The fraction of sp³-hybridized carbons (Fsp3) is 0.333. The predicted octanol–water partition coefficient (Wildman–Crippen LogP) is 7.54. The van der Waals surface area contributed by atoms with Gasteiger partial charge in [0.25, 0.3) is 0 Å². The molecule has 152 valence electrons.